The van der Waals surface area contributed by atoms with Crippen LogP contribution in [0.4, 0.5) is 0 Å². The molecule has 1 fully saturated rings. The molecule has 2 aromatic rings. The summed E-state index contributed by atoms with van der Waals surface area (Å²) in [5.41, 5.74) is 1.21. The van der Waals surface area contributed by atoms with Gasteiger partial charge < -0.3 is 10.1 Å². The Labute approximate surface area is 187 Å². The topological polar surface area (TPSA) is 75.7 Å². The molecule has 0 radical (unpaired) electrons. The smallest absolute Gasteiger partial charge is 0.255 e. The summed E-state index contributed by atoms with van der Waals surface area (Å²) in [4.78, 5) is 12.7. The number of hydrogen-bond donors (Lipinski definition) is 1. The van der Waals surface area contributed by atoms with E-state index < -0.39 is 10.0 Å². The van der Waals surface area contributed by atoms with E-state index in [1.54, 1.807) is 42.5 Å². The van der Waals surface area contributed by atoms with Gasteiger partial charge >= 0.3 is 0 Å². The largest absolute Gasteiger partial charge is 0.488 e. The van der Waals surface area contributed by atoms with Gasteiger partial charge in [-0.05, 0) is 43.0 Å². The first kappa shape index (κ1) is 22.9. The maximum Gasteiger partial charge on any atom is 0.255 e. The molecule has 0 saturated carbocycles. The summed E-state index contributed by atoms with van der Waals surface area (Å²) in [5.74, 6) is 0.485. The second-order valence-corrected chi connectivity index (χ2v) is 10.2. The van der Waals surface area contributed by atoms with E-state index in [1.165, 1.54) is 10.6 Å². The molecule has 0 unspecified atom stereocenters. The van der Waals surface area contributed by atoms with Crippen molar-refractivity contribution in [1.82, 2.24) is 9.62 Å². The van der Waals surface area contributed by atoms with Crippen molar-refractivity contribution in [2.24, 2.45) is 5.92 Å². The summed E-state index contributed by atoms with van der Waals surface area (Å²) < 4.78 is 30.6. The third-order valence-corrected chi connectivity index (χ3v) is 7.01. The monoisotopic (exact) mass is 470 g/mol. The molecule has 0 aliphatic carbocycles. The highest BCUT2D eigenvalue weighted by Gasteiger charge is 2.25. The highest BCUT2D eigenvalue weighted by atomic mass is 35.5. The van der Waals surface area contributed by atoms with Crippen LogP contribution in [0.15, 0.2) is 42.5 Å². The van der Waals surface area contributed by atoms with Gasteiger partial charge in [0, 0.05) is 35.2 Å². The van der Waals surface area contributed by atoms with Gasteiger partial charge in [0.1, 0.15) is 12.4 Å². The SMILES string of the molecule is CS(=O)(=O)N1CCC(CNC(=O)c2ccccc2OCc2ccc(Cl)cc2Cl)CC1. The Morgan fingerprint density at radius 3 is 2.53 bits per heavy atom. The van der Waals surface area contributed by atoms with Crippen molar-refractivity contribution in [2.45, 2.75) is 19.4 Å². The lowest BCUT2D eigenvalue weighted by molar-refractivity contribution is 0.0937. The zero-order valence-electron chi connectivity index (χ0n) is 16.6. The van der Waals surface area contributed by atoms with Crippen LogP contribution in [-0.4, -0.2) is 44.5 Å². The van der Waals surface area contributed by atoms with Gasteiger partial charge in [0.2, 0.25) is 10.0 Å². The molecule has 6 nitrogen and oxygen atoms in total. The summed E-state index contributed by atoms with van der Waals surface area (Å²) in [6.45, 7) is 1.68. The number of piperidine rings is 1. The van der Waals surface area contributed by atoms with Gasteiger partial charge in [-0.1, -0.05) is 41.4 Å². The Kier molecular flexibility index (Phi) is 7.63. The molecule has 30 heavy (non-hydrogen) atoms. The Bertz CT molecular complexity index is 1010. The van der Waals surface area contributed by atoms with Gasteiger partial charge in [-0.2, -0.15) is 0 Å². The van der Waals surface area contributed by atoms with Gasteiger partial charge in [-0.15, -0.1) is 0 Å². The molecule has 0 spiro atoms. The number of rotatable bonds is 7. The quantitative estimate of drug-likeness (QED) is 0.663. The fourth-order valence-corrected chi connectivity index (χ4v) is 4.69. The average Bonchev–Trinajstić information content (AvgIpc) is 2.71. The van der Waals surface area contributed by atoms with E-state index in [-0.39, 0.29) is 18.4 Å². The van der Waals surface area contributed by atoms with Crippen LogP contribution in [-0.2, 0) is 16.6 Å². The number of halogens is 2. The van der Waals surface area contributed by atoms with E-state index in [2.05, 4.69) is 5.32 Å². The van der Waals surface area contributed by atoms with Crippen molar-refractivity contribution >= 4 is 39.1 Å². The molecule has 1 heterocycles. The second kappa shape index (κ2) is 10.0. The van der Waals surface area contributed by atoms with Crippen LogP contribution < -0.4 is 10.1 Å². The first-order valence-corrected chi connectivity index (χ1v) is 12.2. The van der Waals surface area contributed by atoms with Gasteiger partial charge in [0.15, 0.2) is 0 Å². The molecule has 0 atom stereocenters. The minimum Gasteiger partial charge on any atom is -0.488 e. The van der Waals surface area contributed by atoms with Gasteiger partial charge in [0.25, 0.3) is 5.91 Å². The molecule has 0 bridgehead atoms. The third-order valence-electron chi connectivity index (χ3n) is 5.12. The normalized spacial score (nSPS) is 15.7. The van der Waals surface area contributed by atoms with E-state index >= 15 is 0 Å². The maximum absolute atomic E-state index is 12.7. The van der Waals surface area contributed by atoms with Gasteiger partial charge in [0.05, 0.1) is 11.8 Å². The number of carbonyl (C=O) groups excluding carboxylic acids is 1. The molecule has 2 aromatic carbocycles. The number of amides is 1. The molecule has 1 saturated heterocycles. The average molecular weight is 471 g/mol. The van der Waals surface area contributed by atoms with Crippen LogP contribution in [0.2, 0.25) is 10.0 Å². The summed E-state index contributed by atoms with van der Waals surface area (Å²) in [5, 5.41) is 4.00. The fraction of sp³-hybridized carbons (Fsp3) is 0.381. The van der Waals surface area contributed by atoms with Crippen LogP contribution in [0, 0.1) is 5.92 Å². The number of ether oxygens (including phenoxy) is 1. The van der Waals surface area contributed by atoms with Crippen LogP contribution in [0.1, 0.15) is 28.8 Å². The van der Waals surface area contributed by atoms with E-state index in [0.717, 1.165) is 18.4 Å². The van der Waals surface area contributed by atoms with Crippen LogP contribution >= 0.6 is 23.2 Å². The van der Waals surface area contributed by atoms with Gasteiger partial charge in [-0.3, -0.25) is 4.79 Å². The number of hydrogen-bond acceptors (Lipinski definition) is 4. The number of benzene rings is 2. The maximum atomic E-state index is 12.7. The zero-order chi connectivity index (χ0) is 21.7. The summed E-state index contributed by atoms with van der Waals surface area (Å²) in [7, 11) is -3.15. The van der Waals surface area contributed by atoms with Crippen molar-refractivity contribution in [3.05, 3.63) is 63.6 Å². The van der Waals surface area contributed by atoms with Gasteiger partial charge in [-0.25, -0.2) is 12.7 Å². The first-order chi connectivity index (χ1) is 14.2. The first-order valence-electron chi connectivity index (χ1n) is 9.63. The van der Waals surface area contributed by atoms with E-state index in [4.69, 9.17) is 27.9 Å². The molecule has 1 amide bonds. The third kappa shape index (κ3) is 6.11. The molecule has 1 aliphatic heterocycles. The van der Waals surface area contributed by atoms with Crippen LogP contribution in [0.5, 0.6) is 5.75 Å². The second-order valence-electron chi connectivity index (χ2n) is 7.34. The molecule has 3 rings (SSSR count). The Morgan fingerprint density at radius 1 is 1.17 bits per heavy atom. The Balaban J connectivity index is 1.56. The predicted molar refractivity (Wildman–Crippen MR) is 119 cm³/mol. The Hall–Kier alpha value is -1.80. The van der Waals surface area contributed by atoms with Crippen molar-refractivity contribution in [3.63, 3.8) is 0 Å². The van der Waals surface area contributed by atoms with Crippen molar-refractivity contribution in [1.29, 1.82) is 0 Å². The number of nitrogens with zero attached hydrogens (tertiary/aromatic N) is 1. The van der Waals surface area contributed by atoms with Crippen molar-refractivity contribution in [3.8, 4) is 5.75 Å². The summed E-state index contributed by atoms with van der Waals surface area (Å²) in [6.07, 6.45) is 2.67. The van der Waals surface area contributed by atoms with Crippen molar-refractivity contribution in [2.75, 3.05) is 25.9 Å². The highest BCUT2D eigenvalue weighted by molar-refractivity contribution is 7.88. The Morgan fingerprint density at radius 2 is 1.87 bits per heavy atom. The van der Waals surface area contributed by atoms with E-state index in [1.807, 2.05) is 0 Å². The summed E-state index contributed by atoms with van der Waals surface area (Å²) >= 11 is 12.1. The molecule has 162 valence electrons. The lowest BCUT2D eigenvalue weighted by Gasteiger charge is -2.30. The number of para-hydroxylation sites is 1. The molecular formula is C21H24Cl2N2O4S. The zero-order valence-corrected chi connectivity index (χ0v) is 18.9. The van der Waals surface area contributed by atoms with E-state index in [0.29, 0.717) is 41.0 Å². The van der Waals surface area contributed by atoms with Crippen molar-refractivity contribution < 1.29 is 17.9 Å². The summed E-state index contributed by atoms with van der Waals surface area (Å²) in [6, 6.07) is 12.2. The molecule has 9 heteroatoms. The number of carbonyl (C=O) groups is 1. The molecule has 1 N–H and O–H groups in total. The predicted octanol–water partition coefficient (Wildman–Crippen LogP) is 3.97. The molecule has 1 aliphatic rings. The number of nitrogens with one attached hydrogen (secondary N) is 1. The lowest BCUT2D eigenvalue weighted by Crippen LogP contribution is -2.41. The molecule has 0 aromatic heterocycles. The highest BCUT2D eigenvalue weighted by Crippen LogP contribution is 2.25. The van der Waals surface area contributed by atoms with Crippen LogP contribution in [0.3, 0.4) is 0 Å². The molecular weight excluding hydrogens is 447 g/mol. The van der Waals surface area contributed by atoms with Crippen LogP contribution in [0.25, 0.3) is 0 Å². The minimum absolute atomic E-state index is 0.213. The number of sulfonamides is 1. The minimum atomic E-state index is -3.15. The van der Waals surface area contributed by atoms with E-state index in [9.17, 15) is 13.2 Å². The lowest BCUT2D eigenvalue weighted by atomic mass is 9.98. The fourth-order valence-electron chi connectivity index (χ4n) is 3.35. The standard InChI is InChI=1S/C21H24Cl2N2O4S/c1-30(27,28)25-10-8-15(9-11-25)13-24-21(26)18-4-2-3-5-20(18)29-14-16-6-7-17(22)12-19(16)23/h2-7,12,15H,8-11,13-14H2,1H3,(H,24,26).